The van der Waals surface area contributed by atoms with E-state index < -0.39 is 11.8 Å². The van der Waals surface area contributed by atoms with E-state index in [1.165, 1.54) is 19.2 Å². The molecule has 0 unspecified atom stereocenters. The number of hydrazine groups is 1. The van der Waals surface area contributed by atoms with E-state index in [1.54, 1.807) is 17.7 Å². The van der Waals surface area contributed by atoms with E-state index in [-0.39, 0.29) is 23.1 Å². The van der Waals surface area contributed by atoms with E-state index in [0.717, 1.165) is 11.3 Å². The quantitative estimate of drug-likeness (QED) is 0.608. The van der Waals surface area contributed by atoms with Crippen LogP contribution in [0.15, 0.2) is 42.5 Å². The lowest BCUT2D eigenvalue weighted by atomic mass is 10.0. The monoisotopic (exact) mass is 427 g/mol. The van der Waals surface area contributed by atoms with Crippen LogP contribution in [0, 0.1) is 6.92 Å². The van der Waals surface area contributed by atoms with Gasteiger partial charge in [0.2, 0.25) is 5.82 Å². The Morgan fingerprint density at radius 2 is 1.80 bits per heavy atom. The number of hydrogen-bond acceptors (Lipinski definition) is 5. The van der Waals surface area contributed by atoms with Crippen LogP contribution in [0.5, 0.6) is 5.75 Å². The van der Waals surface area contributed by atoms with E-state index in [4.69, 9.17) is 16.3 Å². The molecular formula is C21H22ClN5O3. The van der Waals surface area contributed by atoms with Crippen molar-refractivity contribution in [1.82, 2.24) is 25.6 Å². The molecule has 156 valence electrons. The average molecular weight is 428 g/mol. The molecule has 3 aromatic rings. The Hall–Kier alpha value is -3.39. The number of amides is 2. The maximum absolute atomic E-state index is 12.5. The summed E-state index contributed by atoms with van der Waals surface area (Å²) >= 11 is 5.91. The van der Waals surface area contributed by atoms with Gasteiger partial charge in [0.1, 0.15) is 11.6 Å². The van der Waals surface area contributed by atoms with Crippen LogP contribution >= 0.6 is 11.6 Å². The molecule has 0 fully saturated rings. The Labute approximate surface area is 179 Å². The zero-order chi connectivity index (χ0) is 21.8. The van der Waals surface area contributed by atoms with Crippen molar-refractivity contribution in [2.75, 3.05) is 7.11 Å². The van der Waals surface area contributed by atoms with Crippen molar-refractivity contribution in [3.05, 3.63) is 70.3 Å². The minimum atomic E-state index is -0.639. The van der Waals surface area contributed by atoms with E-state index in [9.17, 15) is 9.59 Å². The van der Waals surface area contributed by atoms with Crippen molar-refractivity contribution >= 4 is 23.4 Å². The summed E-state index contributed by atoms with van der Waals surface area (Å²) < 4.78 is 6.77. The molecular weight excluding hydrogens is 406 g/mol. The Kier molecular flexibility index (Phi) is 6.37. The molecule has 9 heteroatoms. The summed E-state index contributed by atoms with van der Waals surface area (Å²) in [5.41, 5.74) is 6.83. The molecule has 1 aromatic heterocycles. The second-order valence-electron chi connectivity index (χ2n) is 6.86. The molecule has 0 radical (unpaired) electrons. The first-order valence-electron chi connectivity index (χ1n) is 9.29. The molecule has 2 aromatic carbocycles. The lowest BCUT2D eigenvalue weighted by Gasteiger charge is -2.12. The highest BCUT2D eigenvalue weighted by atomic mass is 35.5. The van der Waals surface area contributed by atoms with E-state index in [2.05, 4.69) is 34.8 Å². The van der Waals surface area contributed by atoms with Gasteiger partial charge >= 0.3 is 5.91 Å². The Balaban J connectivity index is 1.76. The fraction of sp³-hybridized carbons (Fsp3) is 0.238. The molecule has 0 aliphatic carbocycles. The molecule has 0 aliphatic heterocycles. The molecule has 1 heterocycles. The fourth-order valence-electron chi connectivity index (χ4n) is 2.97. The molecule has 0 bridgehead atoms. The van der Waals surface area contributed by atoms with Gasteiger partial charge in [0, 0.05) is 5.02 Å². The van der Waals surface area contributed by atoms with Crippen LogP contribution in [0.1, 0.15) is 52.1 Å². The number of ether oxygens (including phenoxy) is 1. The number of hydrogen-bond donors (Lipinski definition) is 2. The highest BCUT2D eigenvalue weighted by molar-refractivity contribution is 6.30. The predicted octanol–water partition coefficient (Wildman–Crippen LogP) is 3.44. The molecule has 2 N–H and O–H groups in total. The van der Waals surface area contributed by atoms with E-state index in [0.29, 0.717) is 10.8 Å². The summed E-state index contributed by atoms with van der Waals surface area (Å²) in [5, 5.41) is 4.75. The number of rotatable bonds is 5. The number of carbonyl (C=O) groups is 2. The Morgan fingerprint density at radius 3 is 2.50 bits per heavy atom. The normalized spacial score (nSPS) is 10.7. The largest absolute Gasteiger partial charge is 0.496 e. The van der Waals surface area contributed by atoms with Crippen LogP contribution in [-0.4, -0.2) is 33.7 Å². The molecule has 0 atom stereocenters. The zero-order valence-electron chi connectivity index (χ0n) is 17.1. The number of aromatic nitrogens is 3. The van der Waals surface area contributed by atoms with Gasteiger partial charge in [-0.2, -0.15) is 0 Å². The number of aryl methyl sites for hydroxylation is 1. The van der Waals surface area contributed by atoms with Crippen molar-refractivity contribution in [2.45, 2.75) is 26.7 Å². The fourth-order valence-corrected chi connectivity index (χ4v) is 3.13. The van der Waals surface area contributed by atoms with Crippen molar-refractivity contribution < 1.29 is 14.3 Å². The molecule has 0 spiro atoms. The highest BCUT2D eigenvalue weighted by Crippen LogP contribution is 2.24. The van der Waals surface area contributed by atoms with Crippen molar-refractivity contribution in [3.63, 3.8) is 0 Å². The van der Waals surface area contributed by atoms with Gasteiger partial charge in [-0.3, -0.25) is 20.4 Å². The summed E-state index contributed by atoms with van der Waals surface area (Å²) in [6.07, 6.45) is 0. The molecule has 2 amide bonds. The summed E-state index contributed by atoms with van der Waals surface area (Å²) in [6, 6.07) is 12.4. The van der Waals surface area contributed by atoms with E-state index >= 15 is 0 Å². The molecule has 0 aliphatic rings. The van der Waals surface area contributed by atoms with Crippen LogP contribution in [-0.2, 0) is 0 Å². The Morgan fingerprint density at radius 1 is 1.10 bits per heavy atom. The standard InChI is InChI=1S/C21H22ClN5O3/c1-12(2)15-7-5-6-8-17(15)27-13(3)23-19(26-27)21(29)25-24-20(28)16-10-9-14(22)11-18(16)30-4/h5-12H,1-4H3,(H,24,28)(H,25,29). The average Bonchev–Trinajstić information content (AvgIpc) is 3.13. The van der Waals surface area contributed by atoms with Crippen molar-refractivity contribution in [3.8, 4) is 11.4 Å². The first-order chi connectivity index (χ1) is 14.3. The SMILES string of the molecule is COc1cc(Cl)ccc1C(=O)NNC(=O)c1nc(C)n(-c2ccccc2C(C)C)n1. The molecule has 8 nitrogen and oxygen atoms in total. The molecule has 30 heavy (non-hydrogen) atoms. The summed E-state index contributed by atoms with van der Waals surface area (Å²) in [7, 11) is 1.43. The van der Waals surface area contributed by atoms with Gasteiger partial charge in [-0.25, -0.2) is 9.67 Å². The first-order valence-corrected chi connectivity index (χ1v) is 9.66. The summed E-state index contributed by atoms with van der Waals surface area (Å²) in [6.45, 7) is 5.93. The van der Waals surface area contributed by atoms with Crippen LogP contribution in [0.25, 0.3) is 5.69 Å². The highest BCUT2D eigenvalue weighted by Gasteiger charge is 2.19. The van der Waals surface area contributed by atoms with Crippen LogP contribution in [0.3, 0.4) is 0 Å². The molecule has 0 saturated carbocycles. The minimum Gasteiger partial charge on any atom is -0.496 e. The maximum Gasteiger partial charge on any atom is 0.309 e. The number of carbonyl (C=O) groups excluding carboxylic acids is 2. The van der Waals surface area contributed by atoms with Crippen LogP contribution < -0.4 is 15.6 Å². The summed E-state index contributed by atoms with van der Waals surface area (Å²) in [4.78, 5) is 29.1. The lowest BCUT2D eigenvalue weighted by molar-refractivity contribution is 0.0839. The van der Waals surface area contributed by atoms with Gasteiger partial charge in [0.05, 0.1) is 18.4 Å². The number of benzene rings is 2. The lowest BCUT2D eigenvalue weighted by Crippen LogP contribution is -2.42. The van der Waals surface area contributed by atoms with Crippen molar-refractivity contribution in [1.29, 1.82) is 0 Å². The number of para-hydroxylation sites is 1. The smallest absolute Gasteiger partial charge is 0.309 e. The second kappa shape index (κ2) is 8.96. The minimum absolute atomic E-state index is 0.0607. The van der Waals surface area contributed by atoms with Crippen LogP contribution in [0.2, 0.25) is 5.02 Å². The van der Waals surface area contributed by atoms with Gasteiger partial charge < -0.3 is 4.74 Å². The summed E-state index contributed by atoms with van der Waals surface area (Å²) in [5.74, 6) is -0.139. The number of nitrogens with zero attached hydrogens (tertiary/aromatic N) is 3. The zero-order valence-corrected chi connectivity index (χ0v) is 17.8. The third-order valence-corrected chi connectivity index (χ3v) is 4.69. The van der Waals surface area contributed by atoms with Gasteiger partial charge in [-0.15, -0.1) is 5.10 Å². The molecule has 3 rings (SSSR count). The third-order valence-electron chi connectivity index (χ3n) is 4.46. The number of halogens is 1. The maximum atomic E-state index is 12.5. The van der Waals surface area contributed by atoms with Gasteiger partial charge in [-0.1, -0.05) is 43.6 Å². The first kappa shape index (κ1) is 21.3. The number of methoxy groups -OCH3 is 1. The second-order valence-corrected chi connectivity index (χ2v) is 7.30. The topological polar surface area (TPSA) is 98.1 Å². The third kappa shape index (κ3) is 4.44. The van der Waals surface area contributed by atoms with Crippen LogP contribution in [0.4, 0.5) is 0 Å². The number of nitrogens with one attached hydrogen (secondary N) is 2. The van der Waals surface area contributed by atoms with Gasteiger partial charge in [-0.05, 0) is 42.7 Å². The molecule has 0 saturated heterocycles. The predicted molar refractivity (Wildman–Crippen MR) is 113 cm³/mol. The van der Waals surface area contributed by atoms with E-state index in [1.807, 2.05) is 24.3 Å². The van der Waals surface area contributed by atoms with Gasteiger partial charge in [0.25, 0.3) is 5.91 Å². The van der Waals surface area contributed by atoms with Crippen molar-refractivity contribution in [2.24, 2.45) is 0 Å². The Bertz CT molecular complexity index is 1090. The van der Waals surface area contributed by atoms with Gasteiger partial charge in [0.15, 0.2) is 0 Å².